The van der Waals surface area contributed by atoms with E-state index in [1.807, 2.05) is 49.5 Å². The molecule has 0 aromatic rings. The van der Waals surface area contributed by atoms with Crippen molar-refractivity contribution in [2.75, 3.05) is 6.54 Å². The number of rotatable bonds is 6. The molecule has 2 bridgehead atoms. The normalized spacial score (nSPS) is 43.8. The van der Waals surface area contributed by atoms with Crippen LogP contribution in [0.5, 0.6) is 0 Å². The van der Waals surface area contributed by atoms with Crippen LogP contribution in [0, 0.1) is 23.7 Å². The second-order valence-corrected chi connectivity index (χ2v) is 20.1. The van der Waals surface area contributed by atoms with Crippen LogP contribution >= 0.6 is 0 Å². The Morgan fingerprint density at radius 1 is 0.690 bits per heavy atom. The molecule has 1 amide bonds. The summed E-state index contributed by atoms with van der Waals surface area (Å²) in [6, 6.07) is -1.12. The molecule has 3 aliphatic heterocycles. The zero-order valence-electron chi connectivity index (χ0n) is 41.7. The number of carbonyl (C=O) groups is 2. The molecule has 0 aromatic carbocycles. The molecule has 402 valence electrons. The molecule has 4 aliphatic rings. The maximum Gasteiger partial charge on any atom is 0.308 e. The van der Waals surface area contributed by atoms with Gasteiger partial charge >= 0.3 is 5.97 Å². The Kier molecular flexibility index (Phi) is 25.5. The third kappa shape index (κ3) is 20.1. The first kappa shape index (κ1) is 60.1. The van der Waals surface area contributed by atoms with Crippen LogP contribution in [0.3, 0.4) is 0 Å². The summed E-state index contributed by atoms with van der Waals surface area (Å²) in [6.07, 6.45) is 9.30. The molecule has 1 saturated carbocycles. The summed E-state index contributed by atoms with van der Waals surface area (Å²) in [7, 11) is 0. The number of amides is 1. The summed E-state index contributed by atoms with van der Waals surface area (Å²) in [5.41, 5.74) is 6.12. The molecule has 13 N–H and O–H groups in total. The molecule has 18 nitrogen and oxygen atoms in total. The molecule has 18 heteroatoms. The molecule has 19 atom stereocenters. The Labute approximate surface area is 418 Å². The largest absolute Gasteiger partial charge is 0.462 e. The number of fused-ring (bicyclic) bond motifs is 2. The summed E-state index contributed by atoms with van der Waals surface area (Å²) >= 11 is 0. The van der Waals surface area contributed by atoms with Crippen molar-refractivity contribution in [3.05, 3.63) is 85.1 Å². The standard InChI is InChI=1S/C53H84N2O16/c1-32-18-15-13-11-9-7-5-6-8-10-12-14-16-21-40(70-52-50(65)47(54)49(64)35(4)69-52)29-44-46(51(66)55-25-24-36-19-17-20-36)43(61)31-53(67,71-44)30-39(58)27-42(60)41(59)23-22-37(56)26-38(57)28-45(62)68-34(3)33(2)48(32)63/h5-16,18,21,32-44,46-50,52,56-61,63-65,67H,17,19-20,22-31,54H2,1-4H3,(H,55,66)/b6-5+,9-7+,10-8+,13-11+,14-12+,18-15+,21-16+/t32-,33-,34-,35+,37?,38?,39?,40?,41?,42?,43-,44-,46?,47-,48?,49?,50-,52-,53?/m0/s1. The quantitative estimate of drug-likeness (QED) is 0.169. The Morgan fingerprint density at radius 3 is 1.90 bits per heavy atom. The fourth-order valence-corrected chi connectivity index (χ4v) is 9.29. The van der Waals surface area contributed by atoms with E-state index in [4.69, 9.17) is 24.7 Å². The summed E-state index contributed by atoms with van der Waals surface area (Å²) in [6.45, 7) is 7.18. The van der Waals surface area contributed by atoms with Crippen LogP contribution in [-0.4, -0.2) is 167 Å². The van der Waals surface area contributed by atoms with Gasteiger partial charge in [0.05, 0.1) is 85.5 Å². The van der Waals surface area contributed by atoms with Crippen LogP contribution in [0.15, 0.2) is 85.1 Å². The molecule has 0 radical (unpaired) electrons. The molecular weight excluding hydrogens is 921 g/mol. The van der Waals surface area contributed by atoms with Crippen molar-refractivity contribution < 1.29 is 79.6 Å². The van der Waals surface area contributed by atoms with Crippen LogP contribution in [0.2, 0.25) is 0 Å². The average molecular weight is 1010 g/mol. The maximum absolute atomic E-state index is 13.9. The topological polar surface area (TPSA) is 311 Å². The molecule has 0 spiro atoms. The van der Waals surface area contributed by atoms with Crippen LogP contribution < -0.4 is 11.1 Å². The van der Waals surface area contributed by atoms with Gasteiger partial charge in [-0.1, -0.05) is 118 Å². The highest BCUT2D eigenvalue weighted by Gasteiger charge is 2.51. The van der Waals surface area contributed by atoms with Crippen molar-refractivity contribution in [1.29, 1.82) is 0 Å². The lowest BCUT2D eigenvalue weighted by Gasteiger charge is -2.46. The SMILES string of the molecule is C[C@@H]1OC(=O)CC(O)CC(O)CCC(O)C(O)CC(O)CC2(O)C[C@H](O)C(C(=O)NCCC3CCC3)[C@H](CC(O[C@@H]3O[C@H](C)C(O)[C@H](N)[C@@H]3O)/C=C/C=C/C=C/C=C/C=C/C=C/C=C/[C@H](C)C(O)[C@H]1C)O2. The summed E-state index contributed by atoms with van der Waals surface area (Å²) < 4.78 is 23.8. The number of aliphatic hydroxyl groups is 10. The molecule has 2 saturated heterocycles. The van der Waals surface area contributed by atoms with E-state index < -0.39 is 147 Å². The highest BCUT2D eigenvalue weighted by Crippen LogP contribution is 2.38. The number of ether oxygens (including phenoxy) is 4. The van der Waals surface area contributed by atoms with E-state index in [-0.39, 0.29) is 31.6 Å². The molecular formula is C53H84N2O16. The number of cyclic esters (lactones) is 1. The number of hydrogen-bond donors (Lipinski definition) is 12. The fourth-order valence-electron chi connectivity index (χ4n) is 9.29. The molecule has 4 rings (SSSR count). The third-order valence-electron chi connectivity index (χ3n) is 14.1. The van der Waals surface area contributed by atoms with Crippen LogP contribution in [0.25, 0.3) is 0 Å². The monoisotopic (exact) mass is 1000 g/mol. The number of nitrogens with one attached hydrogen (secondary N) is 1. The predicted octanol–water partition coefficient (Wildman–Crippen LogP) is 1.93. The van der Waals surface area contributed by atoms with Crippen molar-refractivity contribution in [2.24, 2.45) is 29.4 Å². The number of hydrogen-bond acceptors (Lipinski definition) is 17. The highest BCUT2D eigenvalue weighted by molar-refractivity contribution is 5.80. The minimum Gasteiger partial charge on any atom is -0.462 e. The van der Waals surface area contributed by atoms with Gasteiger partial charge in [0.2, 0.25) is 5.91 Å². The van der Waals surface area contributed by atoms with Gasteiger partial charge in [0, 0.05) is 44.1 Å². The van der Waals surface area contributed by atoms with E-state index in [1.54, 1.807) is 63.3 Å². The zero-order valence-corrected chi connectivity index (χ0v) is 41.7. The summed E-state index contributed by atoms with van der Waals surface area (Å²) in [5.74, 6) is -4.94. The van der Waals surface area contributed by atoms with Crippen LogP contribution in [-0.2, 0) is 28.5 Å². The lowest BCUT2D eigenvalue weighted by atomic mass is 9.81. The second-order valence-electron chi connectivity index (χ2n) is 20.1. The highest BCUT2D eigenvalue weighted by atomic mass is 16.7. The van der Waals surface area contributed by atoms with E-state index in [1.165, 1.54) is 0 Å². The second kappa shape index (κ2) is 30.1. The summed E-state index contributed by atoms with van der Waals surface area (Å²) in [4.78, 5) is 26.6. The Hall–Kier alpha value is -3.44. The number of allylic oxidation sites excluding steroid dienone is 12. The first-order valence-electron chi connectivity index (χ1n) is 25.4. The molecule has 71 heavy (non-hydrogen) atoms. The van der Waals surface area contributed by atoms with E-state index >= 15 is 0 Å². The number of aliphatic hydroxyl groups excluding tert-OH is 9. The van der Waals surface area contributed by atoms with Crippen LogP contribution in [0.4, 0.5) is 0 Å². The van der Waals surface area contributed by atoms with Crippen molar-refractivity contribution >= 4 is 11.9 Å². The minimum atomic E-state index is -2.25. The van der Waals surface area contributed by atoms with E-state index in [2.05, 4.69) is 5.32 Å². The first-order valence-corrected chi connectivity index (χ1v) is 25.4. The van der Waals surface area contributed by atoms with Crippen molar-refractivity contribution in [3.63, 3.8) is 0 Å². The maximum atomic E-state index is 13.9. The van der Waals surface area contributed by atoms with Gasteiger partial charge in [0.15, 0.2) is 12.1 Å². The van der Waals surface area contributed by atoms with Gasteiger partial charge < -0.3 is 81.1 Å². The van der Waals surface area contributed by atoms with Crippen molar-refractivity contribution in [2.45, 2.75) is 202 Å². The zero-order chi connectivity index (χ0) is 52.3. The van der Waals surface area contributed by atoms with Crippen molar-refractivity contribution in [3.8, 4) is 0 Å². The van der Waals surface area contributed by atoms with Gasteiger partial charge in [-0.2, -0.15) is 0 Å². The molecule has 10 unspecified atom stereocenters. The minimum absolute atomic E-state index is 0.0858. The third-order valence-corrected chi connectivity index (χ3v) is 14.1. The average Bonchev–Trinajstić information content (AvgIpc) is 3.28. The van der Waals surface area contributed by atoms with Gasteiger partial charge in [0.25, 0.3) is 0 Å². The molecule has 0 aromatic heterocycles. The van der Waals surface area contributed by atoms with E-state index in [0.717, 1.165) is 25.7 Å². The van der Waals surface area contributed by atoms with E-state index in [0.29, 0.717) is 12.5 Å². The fraction of sp³-hybridized carbons (Fsp3) is 0.698. The smallest absolute Gasteiger partial charge is 0.308 e. The van der Waals surface area contributed by atoms with E-state index in [9.17, 15) is 60.7 Å². The first-order chi connectivity index (χ1) is 33.7. The van der Waals surface area contributed by atoms with Gasteiger partial charge in [-0.05, 0) is 45.4 Å². The Balaban J connectivity index is 1.58. The van der Waals surface area contributed by atoms with Gasteiger partial charge in [-0.25, -0.2) is 0 Å². The van der Waals surface area contributed by atoms with Crippen molar-refractivity contribution in [1.82, 2.24) is 5.32 Å². The molecule has 3 heterocycles. The predicted molar refractivity (Wildman–Crippen MR) is 264 cm³/mol. The summed E-state index contributed by atoms with van der Waals surface area (Å²) in [5, 5.41) is 113. The molecule has 1 aliphatic carbocycles. The Bertz CT molecular complexity index is 1820. The number of carbonyl (C=O) groups excluding carboxylic acids is 2. The lowest BCUT2D eigenvalue weighted by Crippen LogP contribution is -2.62. The number of nitrogens with two attached hydrogens (primary N) is 1. The van der Waals surface area contributed by atoms with Gasteiger partial charge in [-0.15, -0.1) is 0 Å². The lowest BCUT2D eigenvalue weighted by molar-refractivity contribution is -0.307. The van der Waals surface area contributed by atoms with Gasteiger partial charge in [-0.3, -0.25) is 9.59 Å². The molecule has 3 fully saturated rings. The van der Waals surface area contributed by atoms with Crippen LogP contribution in [0.1, 0.15) is 105 Å². The number of esters is 1. The Morgan fingerprint density at radius 2 is 1.30 bits per heavy atom. The van der Waals surface area contributed by atoms with Gasteiger partial charge in [0.1, 0.15) is 12.2 Å².